The van der Waals surface area contributed by atoms with Crippen LogP contribution in [0.5, 0.6) is 0 Å². The van der Waals surface area contributed by atoms with Gasteiger partial charge in [0.15, 0.2) is 0 Å². The molecule has 0 amide bonds. The Labute approximate surface area is 78.6 Å². The average molecular weight is 180 g/mol. The van der Waals surface area contributed by atoms with Gasteiger partial charge in [-0.15, -0.1) is 0 Å². The molecule has 0 fully saturated rings. The summed E-state index contributed by atoms with van der Waals surface area (Å²) >= 11 is 0. The lowest BCUT2D eigenvalue weighted by Gasteiger charge is -2.16. The van der Waals surface area contributed by atoms with Gasteiger partial charge in [0.25, 0.3) is 0 Å². The molecule has 13 heavy (non-hydrogen) atoms. The van der Waals surface area contributed by atoms with Crippen molar-refractivity contribution in [2.75, 3.05) is 0 Å². The van der Waals surface area contributed by atoms with Crippen LogP contribution in [0.25, 0.3) is 0 Å². The number of aliphatic hydroxyl groups excluding tert-OH is 1. The van der Waals surface area contributed by atoms with Crippen molar-refractivity contribution in [3.63, 3.8) is 0 Å². The topological polar surface area (TPSA) is 59.1 Å². The van der Waals surface area contributed by atoms with Crippen LogP contribution in [0, 0.1) is 6.92 Å². The van der Waals surface area contributed by atoms with E-state index in [1.165, 1.54) is 0 Å². The summed E-state index contributed by atoms with van der Waals surface area (Å²) in [6, 6.07) is 3.54. The van der Waals surface area contributed by atoms with Crippen LogP contribution in [0.15, 0.2) is 18.3 Å². The number of aryl methyl sites for hydroxylation is 1. The van der Waals surface area contributed by atoms with E-state index in [0.717, 1.165) is 17.7 Å². The molecule has 0 saturated carbocycles. The molecule has 0 spiro atoms. The van der Waals surface area contributed by atoms with Crippen molar-refractivity contribution in [1.82, 2.24) is 4.98 Å². The van der Waals surface area contributed by atoms with Gasteiger partial charge in [-0.3, -0.25) is 4.98 Å². The standard InChI is InChI=1S/C10H16N2O/c1-3-9(11)10(13)8-5-4-7(2)12-6-8/h4-6,9-10,13H,3,11H2,1-2H3/t9-,10-/m1/s1. The van der Waals surface area contributed by atoms with E-state index in [1.54, 1.807) is 6.20 Å². The third-order valence-electron chi connectivity index (χ3n) is 2.15. The Balaban J connectivity index is 2.77. The molecule has 1 aromatic heterocycles. The number of aromatic nitrogens is 1. The van der Waals surface area contributed by atoms with Crippen molar-refractivity contribution in [3.8, 4) is 0 Å². The largest absolute Gasteiger partial charge is 0.387 e. The Kier molecular flexibility index (Phi) is 3.39. The van der Waals surface area contributed by atoms with Gasteiger partial charge in [0.2, 0.25) is 0 Å². The summed E-state index contributed by atoms with van der Waals surface area (Å²) in [5.41, 5.74) is 7.45. The van der Waals surface area contributed by atoms with Crippen molar-refractivity contribution in [2.45, 2.75) is 32.4 Å². The van der Waals surface area contributed by atoms with E-state index in [4.69, 9.17) is 5.73 Å². The molecule has 0 aromatic carbocycles. The van der Waals surface area contributed by atoms with E-state index in [-0.39, 0.29) is 6.04 Å². The molecule has 3 heteroatoms. The summed E-state index contributed by atoms with van der Waals surface area (Å²) in [4.78, 5) is 4.10. The zero-order valence-electron chi connectivity index (χ0n) is 8.07. The van der Waals surface area contributed by atoms with Crippen molar-refractivity contribution >= 4 is 0 Å². The molecular weight excluding hydrogens is 164 g/mol. The molecule has 3 nitrogen and oxygen atoms in total. The van der Waals surface area contributed by atoms with Crippen LogP contribution in [0.3, 0.4) is 0 Å². The molecule has 0 radical (unpaired) electrons. The van der Waals surface area contributed by atoms with Crippen LogP contribution < -0.4 is 5.73 Å². The van der Waals surface area contributed by atoms with Gasteiger partial charge in [-0.1, -0.05) is 13.0 Å². The molecule has 1 rings (SSSR count). The summed E-state index contributed by atoms with van der Waals surface area (Å²) in [5, 5.41) is 9.71. The maximum absolute atomic E-state index is 9.71. The van der Waals surface area contributed by atoms with E-state index in [0.29, 0.717) is 0 Å². The van der Waals surface area contributed by atoms with E-state index >= 15 is 0 Å². The second-order valence-electron chi connectivity index (χ2n) is 3.25. The Morgan fingerprint density at radius 3 is 2.69 bits per heavy atom. The molecule has 3 N–H and O–H groups in total. The molecule has 72 valence electrons. The predicted octanol–water partition coefficient (Wildman–Crippen LogP) is 1.16. The van der Waals surface area contributed by atoms with E-state index < -0.39 is 6.10 Å². The minimum Gasteiger partial charge on any atom is -0.387 e. The van der Waals surface area contributed by atoms with Gasteiger partial charge in [-0.2, -0.15) is 0 Å². The van der Waals surface area contributed by atoms with Crippen molar-refractivity contribution in [3.05, 3.63) is 29.6 Å². The SMILES string of the molecule is CC[C@@H](N)[C@H](O)c1ccc(C)nc1. The molecule has 0 aliphatic rings. The number of nitrogens with zero attached hydrogens (tertiary/aromatic N) is 1. The number of nitrogens with two attached hydrogens (primary N) is 1. The highest BCUT2D eigenvalue weighted by Gasteiger charge is 2.14. The monoisotopic (exact) mass is 180 g/mol. The smallest absolute Gasteiger partial charge is 0.0955 e. The molecule has 1 heterocycles. The van der Waals surface area contributed by atoms with Crippen LogP contribution in [0.1, 0.15) is 30.7 Å². The molecule has 0 unspecified atom stereocenters. The number of rotatable bonds is 3. The van der Waals surface area contributed by atoms with Gasteiger partial charge in [0.05, 0.1) is 6.10 Å². The van der Waals surface area contributed by atoms with E-state index in [2.05, 4.69) is 4.98 Å². The number of hydrogen-bond acceptors (Lipinski definition) is 3. The van der Waals surface area contributed by atoms with Gasteiger partial charge < -0.3 is 10.8 Å². The van der Waals surface area contributed by atoms with Crippen LogP contribution in [-0.4, -0.2) is 16.1 Å². The third kappa shape index (κ3) is 2.50. The van der Waals surface area contributed by atoms with Crippen LogP contribution >= 0.6 is 0 Å². The molecule has 0 saturated heterocycles. The van der Waals surface area contributed by atoms with Gasteiger partial charge >= 0.3 is 0 Å². The first kappa shape index (κ1) is 10.2. The fourth-order valence-corrected chi connectivity index (χ4v) is 1.12. The minimum absolute atomic E-state index is 0.204. The van der Waals surface area contributed by atoms with Gasteiger partial charge in [0, 0.05) is 23.5 Å². The maximum atomic E-state index is 9.71. The Morgan fingerprint density at radius 1 is 1.54 bits per heavy atom. The maximum Gasteiger partial charge on any atom is 0.0955 e. The van der Waals surface area contributed by atoms with Crippen molar-refractivity contribution < 1.29 is 5.11 Å². The summed E-state index contributed by atoms with van der Waals surface area (Å²) in [5.74, 6) is 0. The quantitative estimate of drug-likeness (QED) is 0.733. The zero-order valence-corrected chi connectivity index (χ0v) is 8.07. The lowest BCUT2D eigenvalue weighted by atomic mass is 10.0. The highest BCUT2D eigenvalue weighted by Crippen LogP contribution is 2.16. The fraction of sp³-hybridized carbons (Fsp3) is 0.500. The van der Waals surface area contributed by atoms with Gasteiger partial charge in [-0.25, -0.2) is 0 Å². The summed E-state index contributed by atoms with van der Waals surface area (Å²) in [6.07, 6.45) is 1.84. The molecule has 2 atom stereocenters. The second-order valence-corrected chi connectivity index (χ2v) is 3.25. The molecule has 0 aliphatic heterocycles. The predicted molar refractivity (Wildman–Crippen MR) is 52.2 cm³/mol. The first-order valence-corrected chi connectivity index (χ1v) is 4.51. The fourth-order valence-electron chi connectivity index (χ4n) is 1.12. The molecule has 1 aromatic rings. The van der Waals surface area contributed by atoms with Crippen LogP contribution in [0.2, 0.25) is 0 Å². The van der Waals surface area contributed by atoms with Crippen molar-refractivity contribution in [1.29, 1.82) is 0 Å². The highest BCUT2D eigenvalue weighted by molar-refractivity contribution is 5.16. The number of hydrogen-bond donors (Lipinski definition) is 2. The Hall–Kier alpha value is -0.930. The average Bonchev–Trinajstić information content (AvgIpc) is 2.17. The Morgan fingerprint density at radius 2 is 2.23 bits per heavy atom. The Bertz CT molecular complexity index is 258. The lowest BCUT2D eigenvalue weighted by molar-refractivity contribution is 0.144. The summed E-state index contributed by atoms with van der Waals surface area (Å²) in [6.45, 7) is 3.87. The minimum atomic E-state index is -0.599. The first-order chi connectivity index (χ1) is 6.15. The van der Waals surface area contributed by atoms with Crippen molar-refractivity contribution in [2.24, 2.45) is 5.73 Å². The first-order valence-electron chi connectivity index (χ1n) is 4.51. The number of aliphatic hydroxyl groups is 1. The highest BCUT2D eigenvalue weighted by atomic mass is 16.3. The third-order valence-corrected chi connectivity index (χ3v) is 2.15. The van der Waals surface area contributed by atoms with Crippen LogP contribution in [-0.2, 0) is 0 Å². The normalized spacial score (nSPS) is 15.4. The van der Waals surface area contributed by atoms with E-state index in [1.807, 2.05) is 26.0 Å². The molecular formula is C10H16N2O. The zero-order chi connectivity index (χ0) is 9.84. The number of pyridine rings is 1. The van der Waals surface area contributed by atoms with Gasteiger partial charge in [0.1, 0.15) is 0 Å². The van der Waals surface area contributed by atoms with Gasteiger partial charge in [-0.05, 0) is 19.4 Å². The summed E-state index contributed by atoms with van der Waals surface area (Å²) < 4.78 is 0. The van der Waals surface area contributed by atoms with E-state index in [9.17, 15) is 5.11 Å². The molecule has 0 aliphatic carbocycles. The molecule has 0 bridgehead atoms. The lowest BCUT2D eigenvalue weighted by Crippen LogP contribution is -2.27. The summed E-state index contributed by atoms with van der Waals surface area (Å²) in [7, 11) is 0. The van der Waals surface area contributed by atoms with Crippen LogP contribution in [0.4, 0.5) is 0 Å². The second kappa shape index (κ2) is 4.35.